The number of rotatable bonds is 5. The van der Waals surface area contributed by atoms with Gasteiger partial charge in [0.25, 0.3) is 0 Å². The van der Waals surface area contributed by atoms with Gasteiger partial charge in [-0.15, -0.1) is 0 Å². The van der Waals surface area contributed by atoms with Crippen LogP contribution in [0.25, 0.3) is 11.1 Å². The summed E-state index contributed by atoms with van der Waals surface area (Å²) in [5.41, 5.74) is 6.26. The molecule has 1 aliphatic rings. The first-order valence-corrected chi connectivity index (χ1v) is 7.98. The van der Waals surface area contributed by atoms with Gasteiger partial charge in [0.2, 0.25) is 0 Å². The molecule has 1 heteroatoms. The van der Waals surface area contributed by atoms with Gasteiger partial charge >= 0.3 is 0 Å². The van der Waals surface area contributed by atoms with Crippen LogP contribution < -0.4 is 0 Å². The van der Waals surface area contributed by atoms with Gasteiger partial charge in [0.1, 0.15) is 0 Å². The Kier molecular flexibility index (Phi) is 4.06. The number of nitriles is 1. The summed E-state index contributed by atoms with van der Waals surface area (Å²) >= 11 is 0. The second-order valence-corrected chi connectivity index (χ2v) is 5.90. The molecule has 1 nitrogen and oxygen atoms in total. The van der Waals surface area contributed by atoms with Crippen molar-refractivity contribution < 1.29 is 0 Å². The highest BCUT2D eigenvalue weighted by molar-refractivity contribution is 5.79. The molecule has 0 aliphatic heterocycles. The summed E-state index contributed by atoms with van der Waals surface area (Å²) in [7, 11) is 0. The lowest BCUT2D eigenvalue weighted by Crippen LogP contribution is -1.97. The van der Waals surface area contributed by atoms with Crippen LogP contribution in [0.2, 0.25) is 0 Å². The standard InChI is InChI=1S/C20H21N/c1-2-3-4-5-8-18-16-9-6-7-10-17(16)19-12-11-15(14-21)13-20(18)19/h6-7,9-13,18H,2-5,8H2,1H3. The maximum Gasteiger partial charge on any atom is 0.0991 e. The van der Waals surface area contributed by atoms with Crippen LogP contribution in [0, 0.1) is 11.3 Å². The molecule has 1 unspecified atom stereocenters. The smallest absolute Gasteiger partial charge is 0.0991 e. The van der Waals surface area contributed by atoms with Crippen LogP contribution in [-0.4, -0.2) is 0 Å². The fraction of sp³-hybridized carbons (Fsp3) is 0.350. The summed E-state index contributed by atoms with van der Waals surface area (Å²) in [6, 6.07) is 17.2. The van der Waals surface area contributed by atoms with E-state index in [1.165, 1.54) is 54.4 Å². The molecule has 0 radical (unpaired) electrons. The minimum absolute atomic E-state index is 0.473. The average molecular weight is 275 g/mol. The van der Waals surface area contributed by atoms with Crippen LogP contribution in [0.4, 0.5) is 0 Å². The van der Waals surface area contributed by atoms with Crippen molar-refractivity contribution in [3.63, 3.8) is 0 Å². The van der Waals surface area contributed by atoms with Crippen molar-refractivity contribution in [1.82, 2.24) is 0 Å². The molecule has 1 aliphatic carbocycles. The van der Waals surface area contributed by atoms with Gasteiger partial charge in [0.05, 0.1) is 11.6 Å². The zero-order chi connectivity index (χ0) is 14.7. The second kappa shape index (κ2) is 6.14. The van der Waals surface area contributed by atoms with E-state index in [-0.39, 0.29) is 0 Å². The van der Waals surface area contributed by atoms with Gasteiger partial charge in [0.15, 0.2) is 0 Å². The van der Waals surface area contributed by atoms with E-state index >= 15 is 0 Å². The molecular weight excluding hydrogens is 254 g/mol. The van der Waals surface area contributed by atoms with E-state index in [1.807, 2.05) is 6.07 Å². The Labute approximate surface area is 127 Å². The second-order valence-electron chi connectivity index (χ2n) is 5.90. The van der Waals surface area contributed by atoms with Crippen molar-refractivity contribution in [1.29, 1.82) is 5.26 Å². The fourth-order valence-electron chi connectivity index (χ4n) is 3.47. The van der Waals surface area contributed by atoms with E-state index in [2.05, 4.69) is 49.4 Å². The molecule has 3 rings (SSSR count). The van der Waals surface area contributed by atoms with E-state index in [0.717, 1.165) is 5.56 Å². The van der Waals surface area contributed by atoms with E-state index in [9.17, 15) is 0 Å². The molecule has 0 aromatic heterocycles. The Bertz CT molecular complexity index is 678. The highest BCUT2D eigenvalue weighted by Crippen LogP contribution is 2.47. The molecule has 106 valence electrons. The fourth-order valence-corrected chi connectivity index (χ4v) is 3.47. The van der Waals surface area contributed by atoms with Gasteiger partial charge in [-0.1, -0.05) is 62.9 Å². The molecule has 2 aromatic rings. The van der Waals surface area contributed by atoms with Crippen molar-refractivity contribution in [2.75, 3.05) is 0 Å². The number of unbranched alkanes of at least 4 members (excludes halogenated alkanes) is 3. The Morgan fingerprint density at radius 3 is 2.57 bits per heavy atom. The summed E-state index contributed by atoms with van der Waals surface area (Å²) in [5.74, 6) is 0.473. The van der Waals surface area contributed by atoms with Crippen LogP contribution >= 0.6 is 0 Å². The van der Waals surface area contributed by atoms with E-state index in [1.54, 1.807) is 0 Å². The minimum atomic E-state index is 0.473. The van der Waals surface area contributed by atoms with Crippen LogP contribution in [0.15, 0.2) is 42.5 Å². The van der Waals surface area contributed by atoms with Gasteiger partial charge in [-0.05, 0) is 40.8 Å². The minimum Gasteiger partial charge on any atom is -0.192 e. The lowest BCUT2D eigenvalue weighted by molar-refractivity contribution is 0.601. The molecule has 0 bridgehead atoms. The van der Waals surface area contributed by atoms with E-state index < -0.39 is 0 Å². The number of benzene rings is 2. The predicted octanol–water partition coefficient (Wildman–Crippen LogP) is 5.64. The molecular formula is C20H21N. The van der Waals surface area contributed by atoms with Crippen molar-refractivity contribution in [3.8, 4) is 17.2 Å². The normalized spacial score (nSPS) is 15.3. The molecule has 0 saturated heterocycles. The molecule has 0 fully saturated rings. The quantitative estimate of drug-likeness (QED) is 0.648. The van der Waals surface area contributed by atoms with Crippen molar-refractivity contribution >= 4 is 0 Å². The van der Waals surface area contributed by atoms with Crippen LogP contribution in [0.1, 0.15) is 61.6 Å². The summed E-state index contributed by atoms with van der Waals surface area (Å²) in [6.45, 7) is 2.25. The van der Waals surface area contributed by atoms with Crippen LogP contribution in [-0.2, 0) is 0 Å². The predicted molar refractivity (Wildman–Crippen MR) is 87.2 cm³/mol. The Morgan fingerprint density at radius 1 is 0.952 bits per heavy atom. The largest absolute Gasteiger partial charge is 0.192 e. The molecule has 0 heterocycles. The first kappa shape index (κ1) is 13.9. The SMILES string of the molecule is CCCCCCC1c2ccccc2-c2ccc(C#N)cc21. The molecule has 0 amide bonds. The molecule has 2 aromatic carbocycles. The summed E-state index contributed by atoms with van der Waals surface area (Å²) in [5, 5.41) is 9.17. The van der Waals surface area contributed by atoms with Gasteiger partial charge < -0.3 is 0 Å². The summed E-state index contributed by atoms with van der Waals surface area (Å²) in [4.78, 5) is 0. The van der Waals surface area contributed by atoms with E-state index in [4.69, 9.17) is 5.26 Å². The van der Waals surface area contributed by atoms with Gasteiger partial charge in [-0.3, -0.25) is 0 Å². The molecule has 0 spiro atoms. The van der Waals surface area contributed by atoms with Crippen molar-refractivity contribution in [3.05, 3.63) is 59.2 Å². The molecule has 1 atom stereocenters. The Hall–Kier alpha value is -2.07. The van der Waals surface area contributed by atoms with Gasteiger partial charge in [-0.2, -0.15) is 5.26 Å². The molecule has 0 N–H and O–H groups in total. The highest BCUT2D eigenvalue weighted by Gasteiger charge is 2.27. The lowest BCUT2D eigenvalue weighted by atomic mass is 9.90. The van der Waals surface area contributed by atoms with Crippen molar-refractivity contribution in [2.24, 2.45) is 0 Å². The van der Waals surface area contributed by atoms with Gasteiger partial charge in [-0.25, -0.2) is 0 Å². The Morgan fingerprint density at radius 2 is 1.76 bits per heavy atom. The van der Waals surface area contributed by atoms with Crippen molar-refractivity contribution in [2.45, 2.75) is 44.9 Å². The third kappa shape index (κ3) is 2.59. The first-order chi connectivity index (χ1) is 10.3. The zero-order valence-corrected chi connectivity index (χ0v) is 12.6. The highest BCUT2D eigenvalue weighted by atomic mass is 14.3. The van der Waals surface area contributed by atoms with E-state index in [0.29, 0.717) is 5.92 Å². The Balaban J connectivity index is 1.94. The number of hydrogen-bond acceptors (Lipinski definition) is 1. The topological polar surface area (TPSA) is 23.8 Å². The third-order valence-electron chi connectivity index (χ3n) is 4.53. The average Bonchev–Trinajstić information content (AvgIpc) is 2.85. The molecule has 0 saturated carbocycles. The maximum atomic E-state index is 9.17. The number of nitrogens with zero attached hydrogens (tertiary/aromatic N) is 1. The van der Waals surface area contributed by atoms with Gasteiger partial charge in [0, 0.05) is 5.92 Å². The molecule has 21 heavy (non-hydrogen) atoms. The summed E-state index contributed by atoms with van der Waals surface area (Å²) < 4.78 is 0. The zero-order valence-electron chi connectivity index (χ0n) is 12.6. The number of hydrogen-bond donors (Lipinski definition) is 0. The third-order valence-corrected chi connectivity index (χ3v) is 4.53. The van der Waals surface area contributed by atoms with Crippen LogP contribution in [0.5, 0.6) is 0 Å². The summed E-state index contributed by atoms with van der Waals surface area (Å²) in [6.07, 6.45) is 6.36. The first-order valence-electron chi connectivity index (χ1n) is 7.98. The maximum absolute atomic E-state index is 9.17. The monoisotopic (exact) mass is 275 g/mol. The lowest BCUT2D eigenvalue weighted by Gasteiger charge is -2.13. The number of fused-ring (bicyclic) bond motifs is 3. The van der Waals surface area contributed by atoms with Crippen LogP contribution in [0.3, 0.4) is 0 Å².